The molecule has 1 aromatic carbocycles. The predicted molar refractivity (Wildman–Crippen MR) is 120 cm³/mol. The van der Waals surface area contributed by atoms with E-state index in [1.807, 2.05) is 11.8 Å². The Morgan fingerprint density at radius 2 is 1.81 bits per heavy atom. The zero-order chi connectivity index (χ0) is 26.0. The number of halogens is 6. The number of hydrogen-bond donors (Lipinski definition) is 2. The molecule has 1 saturated carbocycles. The van der Waals surface area contributed by atoms with Crippen molar-refractivity contribution < 1.29 is 36.2 Å². The van der Waals surface area contributed by atoms with Crippen LogP contribution in [-0.2, 0) is 6.18 Å². The molecule has 1 aliphatic carbocycles. The topological polar surface area (TPSA) is 62.5 Å². The monoisotopic (exact) mass is 520 g/mol. The molecule has 2 aromatic rings. The molecule has 3 aliphatic rings. The third-order valence-corrected chi connectivity index (χ3v) is 7.74. The number of aromatic nitrogens is 2. The number of fused-ring (bicyclic) bond motifs is 1. The van der Waals surface area contributed by atoms with Gasteiger partial charge >= 0.3 is 12.4 Å². The van der Waals surface area contributed by atoms with Gasteiger partial charge in [0.05, 0.1) is 34.4 Å². The molecule has 0 unspecified atom stereocenters. The number of hydrogen-bond acceptors (Lipinski definition) is 5. The minimum Gasteiger partial charge on any atom is -0.492 e. The van der Waals surface area contributed by atoms with Gasteiger partial charge in [-0.15, -0.1) is 0 Å². The third kappa shape index (κ3) is 5.04. The van der Waals surface area contributed by atoms with Gasteiger partial charge in [-0.05, 0) is 45.6 Å². The van der Waals surface area contributed by atoms with Gasteiger partial charge < -0.3 is 19.7 Å². The molecule has 12 heteroatoms. The number of benzene rings is 1. The van der Waals surface area contributed by atoms with Crippen LogP contribution in [0.2, 0.25) is 0 Å². The summed E-state index contributed by atoms with van der Waals surface area (Å²) in [6.07, 6.45) is -5.48. The van der Waals surface area contributed by atoms with Crippen LogP contribution in [0, 0.1) is 5.92 Å². The summed E-state index contributed by atoms with van der Waals surface area (Å²) < 4.78 is 87.9. The lowest BCUT2D eigenvalue weighted by Crippen LogP contribution is -2.61. The quantitative estimate of drug-likeness (QED) is 0.568. The zero-order valence-corrected chi connectivity index (χ0v) is 20.0. The molecule has 5 rings (SSSR count). The first-order valence-corrected chi connectivity index (χ1v) is 12.2. The summed E-state index contributed by atoms with van der Waals surface area (Å²) in [6, 6.07) is 2.00. The van der Waals surface area contributed by atoms with E-state index in [0.717, 1.165) is 6.07 Å². The van der Waals surface area contributed by atoms with Crippen LogP contribution >= 0.6 is 0 Å². The van der Waals surface area contributed by atoms with Crippen molar-refractivity contribution in [2.75, 3.05) is 19.7 Å². The average Bonchev–Trinajstić information content (AvgIpc) is 3.10. The first-order valence-electron chi connectivity index (χ1n) is 12.2. The molecule has 0 bridgehead atoms. The summed E-state index contributed by atoms with van der Waals surface area (Å²) >= 11 is 0. The first-order chi connectivity index (χ1) is 16.7. The molecule has 0 radical (unpaired) electrons. The van der Waals surface area contributed by atoms with Crippen molar-refractivity contribution in [1.29, 1.82) is 0 Å². The largest absolute Gasteiger partial charge is 0.492 e. The van der Waals surface area contributed by atoms with Crippen LogP contribution in [0.4, 0.5) is 26.3 Å². The van der Waals surface area contributed by atoms with Gasteiger partial charge in [-0.2, -0.15) is 26.3 Å². The fourth-order valence-corrected chi connectivity index (χ4v) is 5.87. The van der Waals surface area contributed by atoms with Crippen molar-refractivity contribution in [3.05, 3.63) is 24.0 Å². The molecule has 3 fully saturated rings. The Morgan fingerprint density at radius 1 is 1.11 bits per heavy atom. The summed E-state index contributed by atoms with van der Waals surface area (Å²) in [5.74, 6) is -1.26. The van der Waals surface area contributed by atoms with E-state index in [0.29, 0.717) is 25.7 Å². The van der Waals surface area contributed by atoms with Gasteiger partial charge in [0.15, 0.2) is 0 Å². The summed E-state index contributed by atoms with van der Waals surface area (Å²) in [5.41, 5.74) is -1.61. The lowest BCUT2D eigenvalue weighted by molar-refractivity contribution is -0.215. The van der Waals surface area contributed by atoms with Crippen LogP contribution in [-0.4, -0.2) is 69.2 Å². The number of aliphatic hydroxyl groups is 1. The molecule has 3 atom stereocenters. The fourth-order valence-electron chi connectivity index (χ4n) is 5.87. The van der Waals surface area contributed by atoms with Gasteiger partial charge in [-0.25, -0.2) is 4.98 Å². The molecule has 36 heavy (non-hydrogen) atoms. The molecule has 1 aromatic heterocycles. The molecular formula is C24H30F6N4O2. The summed E-state index contributed by atoms with van der Waals surface area (Å²) in [7, 11) is 0. The van der Waals surface area contributed by atoms with Crippen LogP contribution in [0.15, 0.2) is 18.5 Å². The van der Waals surface area contributed by atoms with Crippen molar-refractivity contribution in [1.82, 2.24) is 19.8 Å². The SMILES string of the molecule is C[C@H]1C[C@@H](N2CC(C(F)(F)F)C2)C[C@@H](COc2cc(C(F)(F)F)c3c(c2)ncn3C2CC(C)(O)C2)N1. The number of likely N-dealkylation sites (tertiary alicyclic amines) is 1. The first kappa shape index (κ1) is 25.6. The van der Waals surface area contributed by atoms with E-state index >= 15 is 0 Å². The van der Waals surface area contributed by atoms with E-state index in [1.54, 1.807) is 6.92 Å². The summed E-state index contributed by atoms with van der Waals surface area (Å²) in [4.78, 5) is 6.01. The number of nitrogens with one attached hydrogen (secondary N) is 1. The Labute approximate surface area is 204 Å². The van der Waals surface area contributed by atoms with Crippen molar-refractivity contribution in [2.45, 2.75) is 81.7 Å². The molecule has 3 heterocycles. The Kier molecular flexibility index (Phi) is 6.23. The fraction of sp³-hybridized carbons (Fsp3) is 0.708. The number of nitrogens with zero attached hydrogens (tertiary/aromatic N) is 3. The van der Waals surface area contributed by atoms with E-state index in [-0.39, 0.29) is 60.6 Å². The normalized spacial score (nSPS) is 32.4. The Balaban J connectivity index is 1.29. The number of ether oxygens (including phenoxy) is 1. The van der Waals surface area contributed by atoms with E-state index in [4.69, 9.17) is 4.74 Å². The van der Waals surface area contributed by atoms with Gasteiger partial charge in [0, 0.05) is 43.3 Å². The Hall–Kier alpha value is -2.05. The molecule has 2 saturated heterocycles. The molecule has 200 valence electrons. The number of imidazole rings is 1. The Bertz CT molecular complexity index is 1100. The highest BCUT2D eigenvalue weighted by Crippen LogP contribution is 2.45. The van der Waals surface area contributed by atoms with Crippen LogP contribution in [0.3, 0.4) is 0 Å². The number of piperidine rings is 1. The second kappa shape index (κ2) is 8.76. The zero-order valence-electron chi connectivity index (χ0n) is 20.0. The molecular weight excluding hydrogens is 490 g/mol. The Morgan fingerprint density at radius 3 is 2.42 bits per heavy atom. The highest BCUT2D eigenvalue weighted by atomic mass is 19.4. The molecule has 0 amide bonds. The van der Waals surface area contributed by atoms with E-state index in [9.17, 15) is 31.4 Å². The van der Waals surface area contributed by atoms with Crippen molar-refractivity contribution in [2.24, 2.45) is 5.92 Å². The van der Waals surface area contributed by atoms with Gasteiger partial charge in [0.2, 0.25) is 0 Å². The predicted octanol–water partition coefficient (Wildman–Crippen LogP) is 4.52. The second-order valence-electron chi connectivity index (χ2n) is 10.9. The van der Waals surface area contributed by atoms with Gasteiger partial charge in [-0.1, -0.05) is 0 Å². The number of rotatable bonds is 5. The second-order valence-corrected chi connectivity index (χ2v) is 10.9. The lowest BCUT2D eigenvalue weighted by atomic mass is 9.77. The number of alkyl halides is 6. The van der Waals surface area contributed by atoms with Crippen LogP contribution in [0.1, 0.15) is 51.1 Å². The molecule has 6 nitrogen and oxygen atoms in total. The maximum atomic E-state index is 14.0. The molecule has 2 aliphatic heterocycles. The van der Waals surface area contributed by atoms with Crippen molar-refractivity contribution in [3.8, 4) is 5.75 Å². The van der Waals surface area contributed by atoms with Gasteiger partial charge in [0.1, 0.15) is 12.4 Å². The standard InChI is InChI=1S/C24H30F6N4O2/c1-13-3-16(33-9-14(10-33)23(25,26)27)4-15(32-13)11-36-18-5-19(24(28,29)30)21-20(6-18)31-12-34(21)17-7-22(2,35)8-17/h5-6,12-17,32,35H,3-4,7-11H2,1-2H3/t13-,15-,16+,17?,22?/m0/s1. The summed E-state index contributed by atoms with van der Waals surface area (Å²) in [6.45, 7) is 3.66. The third-order valence-electron chi connectivity index (χ3n) is 7.74. The smallest absolute Gasteiger partial charge is 0.418 e. The minimum atomic E-state index is -4.63. The summed E-state index contributed by atoms with van der Waals surface area (Å²) in [5, 5.41) is 13.4. The highest BCUT2D eigenvalue weighted by molar-refractivity contribution is 5.82. The molecule has 2 N–H and O–H groups in total. The minimum absolute atomic E-state index is 0.0147. The maximum Gasteiger partial charge on any atom is 0.418 e. The van der Waals surface area contributed by atoms with E-state index in [1.165, 1.54) is 17.0 Å². The molecule has 0 spiro atoms. The van der Waals surface area contributed by atoms with Crippen molar-refractivity contribution >= 4 is 11.0 Å². The lowest BCUT2D eigenvalue weighted by Gasteiger charge is -2.48. The highest BCUT2D eigenvalue weighted by Gasteiger charge is 2.49. The van der Waals surface area contributed by atoms with Crippen LogP contribution in [0.25, 0.3) is 11.0 Å². The van der Waals surface area contributed by atoms with E-state index in [2.05, 4.69) is 10.3 Å². The van der Waals surface area contributed by atoms with Crippen LogP contribution in [0.5, 0.6) is 5.75 Å². The van der Waals surface area contributed by atoms with Crippen LogP contribution < -0.4 is 10.1 Å². The average molecular weight is 521 g/mol. The maximum absolute atomic E-state index is 14.0. The van der Waals surface area contributed by atoms with Gasteiger partial charge in [-0.3, -0.25) is 4.90 Å². The van der Waals surface area contributed by atoms with E-state index < -0.39 is 29.4 Å². The van der Waals surface area contributed by atoms with Crippen molar-refractivity contribution in [3.63, 3.8) is 0 Å². The van der Waals surface area contributed by atoms with Gasteiger partial charge in [0.25, 0.3) is 0 Å².